The number of carbonyl (C=O) groups is 1. The first-order valence-electron chi connectivity index (χ1n) is 10.4. The molecule has 0 unspecified atom stereocenters. The van der Waals surface area contributed by atoms with Gasteiger partial charge in [-0.1, -0.05) is 48.5 Å². The van der Waals surface area contributed by atoms with Crippen molar-refractivity contribution < 1.29 is 14.3 Å². The molecule has 3 rings (SSSR count). The van der Waals surface area contributed by atoms with E-state index in [1.807, 2.05) is 0 Å². The molecule has 1 aliphatic carbocycles. The summed E-state index contributed by atoms with van der Waals surface area (Å²) in [5.74, 6) is 0.834. The molecule has 0 fully saturated rings. The first-order valence-corrected chi connectivity index (χ1v) is 10.4. The molecule has 1 aliphatic rings. The van der Waals surface area contributed by atoms with Crippen LogP contribution in [-0.4, -0.2) is 19.2 Å². The predicted molar refractivity (Wildman–Crippen MR) is 114 cm³/mol. The second-order valence-corrected chi connectivity index (χ2v) is 7.32. The fourth-order valence-electron chi connectivity index (χ4n) is 3.67. The van der Waals surface area contributed by atoms with Crippen LogP contribution >= 0.6 is 0 Å². The normalized spacial score (nSPS) is 13.2. The van der Waals surface area contributed by atoms with Crippen molar-refractivity contribution in [2.75, 3.05) is 13.2 Å². The second kappa shape index (κ2) is 10.7. The Morgan fingerprint density at radius 3 is 2.46 bits per heavy atom. The maximum absolute atomic E-state index is 10.7. The Morgan fingerprint density at radius 1 is 0.893 bits per heavy atom. The van der Waals surface area contributed by atoms with Gasteiger partial charge in [-0.05, 0) is 67.7 Å². The van der Waals surface area contributed by atoms with Crippen molar-refractivity contribution in [2.45, 2.75) is 51.9 Å². The van der Waals surface area contributed by atoms with E-state index >= 15 is 0 Å². The Morgan fingerprint density at radius 2 is 1.68 bits per heavy atom. The molecule has 0 bridgehead atoms. The Balaban J connectivity index is 1.54. The number of benzene rings is 2. The van der Waals surface area contributed by atoms with Gasteiger partial charge in [0, 0.05) is 12.5 Å². The third-order valence-electron chi connectivity index (χ3n) is 5.12. The summed E-state index contributed by atoms with van der Waals surface area (Å²) < 4.78 is 11.1. The van der Waals surface area contributed by atoms with Crippen LogP contribution in [0, 0.1) is 0 Å². The summed E-state index contributed by atoms with van der Waals surface area (Å²) in [4.78, 5) is 10.7. The molecule has 0 saturated heterocycles. The monoisotopic (exact) mass is 378 g/mol. The number of allylic oxidation sites excluding steroid dienone is 1. The zero-order chi connectivity index (χ0) is 19.6. The van der Waals surface area contributed by atoms with Crippen LogP contribution < -0.4 is 4.74 Å². The van der Waals surface area contributed by atoms with E-state index in [1.165, 1.54) is 29.2 Å². The Labute approximate surface area is 168 Å². The third-order valence-corrected chi connectivity index (χ3v) is 5.12. The van der Waals surface area contributed by atoms with E-state index in [2.05, 4.69) is 54.6 Å². The molecule has 2 aromatic carbocycles. The number of rotatable bonds is 9. The number of hydrogen-bond donors (Lipinski definition) is 0. The van der Waals surface area contributed by atoms with Crippen molar-refractivity contribution in [3.05, 3.63) is 65.2 Å². The number of hydrogen-bond acceptors (Lipinski definition) is 3. The van der Waals surface area contributed by atoms with Gasteiger partial charge in [-0.25, -0.2) is 0 Å². The van der Waals surface area contributed by atoms with E-state index in [-0.39, 0.29) is 5.97 Å². The fraction of sp³-hybridized carbons (Fsp3) is 0.400. The molecule has 0 radical (unpaired) electrons. The number of fused-ring (bicyclic) bond motifs is 1. The van der Waals surface area contributed by atoms with Gasteiger partial charge in [0.1, 0.15) is 5.75 Å². The molecule has 0 spiro atoms. The van der Waals surface area contributed by atoms with E-state index in [0.29, 0.717) is 6.61 Å². The highest BCUT2D eigenvalue weighted by Crippen LogP contribution is 2.33. The van der Waals surface area contributed by atoms with Crippen molar-refractivity contribution in [3.63, 3.8) is 0 Å². The van der Waals surface area contributed by atoms with Crippen LogP contribution in [0.3, 0.4) is 0 Å². The van der Waals surface area contributed by atoms with Gasteiger partial charge in [-0.15, -0.1) is 0 Å². The van der Waals surface area contributed by atoms with Gasteiger partial charge in [-0.2, -0.15) is 0 Å². The summed E-state index contributed by atoms with van der Waals surface area (Å²) in [5, 5.41) is 0. The number of esters is 1. The first-order chi connectivity index (χ1) is 13.7. The first kappa shape index (κ1) is 20.2. The molecular formula is C25H30O3. The van der Waals surface area contributed by atoms with E-state index in [4.69, 9.17) is 9.47 Å². The van der Waals surface area contributed by atoms with Crippen LogP contribution in [0.2, 0.25) is 0 Å². The van der Waals surface area contributed by atoms with Crippen LogP contribution in [0.4, 0.5) is 0 Å². The van der Waals surface area contributed by atoms with Crippen molar-refractivity contribution in [1.82, 2.24) is 0 Å². The van der Waals surface area contributed by atoms with E-state index in [9.17, 15) is 4.79 Å². The lowest BCUT2D eigenvalue weighted by molar-refractivity contribution is -0.141. The van der Waals surface area contributed by atoms with Crippen LogP contribution in [0.25, 0.3) is 11.6 Å². The second-order valence-electron chi connectivity index (χ2n) is 7.32. The topological polar surface area (TPSA) is 35.5 Å². The minimum absolute atomic E-state index is 0.197. The fourth-order valence-corrected chi connectivity index (χ4v) is 3.67. The molecule has 0 aliphatic heterocycles. The summed E-state index contributed by atoms with van der Waals surface area (Å²) >= 11 is 0. The zero-order valence-corrected chi connectivity index (χ0v) is 16.8. The zero-order valence-electron chi connectivity index (χ0n) is 16.8. The van der Waals surface area contributed by atoms with Gasteiger partial charge >= 0.3 is 5.97 Å². The molecule has 0 atom stereocenters. The Kier molecular flexibility index (Phi) is 7.71. The molecular weight excluding hydrogens is 348 g/mol. The van der Waals surface area contributed by atoms with E-state index in [1.54, 1.807) is 0 Å². The lowest BCUT2D eigenvalue weighted by Crippen LogP contribution is -2.03. The quantitative estimate of drug-likeness (QED) is 0.393. The van der Waals surface area contributed by atoms with Gasteiger partial charge in [0.25, 0.3) is 0 Å². The third kappa shape index (κ3) is 5.98. The van der Waals surface area contributed by atoms with Gasteiger partial charge in [0.05, 0.1) is 13.2 Å². The minimum atomic E-state index is -0.197. The summed E-state index contributed by atoms with van der Waals surface area (Å²) in [6, 6.07) is 17.1. The lowest BCUT2D eigenvalue weighted by Gasteiger charge is -2.13. The predicted octanol–water partition coefficient (Wildman–Crippen LogP) is 6.07. The lowest BCUT2D eigenvalue weighted by atomic mass is 10.0. The Hall–Kier alpha value is -2.55. The van der Waals surface area contributed by atoms with Gasteiger partial charge in [0.15, 0.2) is 0 Å². The smallest absolute Gasteiger partial charge is 0.302 e. The summed E-state index contributed by atoms with van der Waals surface area (Å²) in [6.07, 6.45) is 9.73. The highest BCUT2D eigenvalue weighted by Gasteiger charge is 2.14. The van der Waals surface area contributed by atoms with Crippen LogP contribution in [0.15, 0.2) is 48.5 Å². The van der Waals surface area contributed by atoms with Crippen LogP contribution in [0.1, 0.15) is 62.1 Å². The van der Waals surface area contributed by atoms with Gasteiger partial charge in [0.2, 0.25) is 0 Å². The van der Waals surface area contributed by atoms with Gasteiger partial charge < -0.3 is 9.47 Å². The average molecular weight is 379 g/mol. The summed E-state index contributed by atoms with van der Waals surface area (Å²) in [7, 11) is 0. The molecule has 3 nitrogen and oxygen atoms in total. The van der Waals surface area contributed by atoms with Crippen LogP contribution in [0.5, 0.6) is 5.75 Å². The SMILES string of the molecule is CC(=O)OCCCCCCOc1cccc2c1CCCC(c1ccccc1)=C2. The van der Waals surface area contributed by atoms with Crippen molar-refractivity contribution >= 4 is 17.6 Å². The van der Waals surface area contributed by atoms with Crippen molar-refractivity contribution in [3.8, 4) is 5.75 Å². The maximum atomic E-state index is 10.7. The molecule has 0 heterocycles. The minimum Gasteiger partial charge on any atom is -0.493 e. The molecule has 0 amide bonds. The molecule has 0 aromatic heterocycles. The van der Waals surface area contributed by atoms with E-state index in [0.717, 1.165) is 57.3 Å². The Bertz CT molecular complexity index is 793. The molecule has 28 heavy (non-hydrogen) atoms. The molecule has 0 saturated carbocycles. The standard InChI is InChI=1S/C25H30O3/c1-20(26)27-17-7-2-3-8-18-28-25-16-10-14-23-19-22(13-9-15-24(23)25)21-11-5-4-6-12-21/h4-6,10-12,14,16,19H,2-3,7-9,13,15,17-18H2,1H3. The summed E-state index contributed by atoms with van der Waals surface area (Å²) in [5.41, 5.74) is 5.35. The van der Waals surface area contributed by atoms with Crippen molar-refractivity contribution in [1.29, 1.82) is 0 Å². The maximum Gasteiger partial charge on any atom is 0.302 e. The molecule has 3 heteroatoms. The number of carbonyl (C=O) groups excluding carboxylic acids is 1. The number of ether oxygens (including phenoxy) is 2. The average Bonchev–Trinajstić information content (AvgIpc) is 2.93. The van der Waals surface area contributed by atoms with Crippen molar-refractivity contribution in [2.24, 2.45) is 0 Å². The number of unbranched alkanes of at least 4 members (excludes halogenated alkanes) is 3. The molecule has 148 valence electrons. The molecule has 2 aromatic rings. The van der Waals surface area contributed by atoms with Gasteiger partial charge in [-0.3, -0.25) is 4.79 Å². The highest BCUT2D eigenvalue weighted by molar-refractivity contribution is 5.83. The van der Waals surface area contributed by atoms with Crippen LogP contribution in [-0.2, 0) is 16.0 Å². The largest absolute Gasteiger partial charge is 0.493 e. The molecule has 0 N–H and O–H groups in total. The summed E-state index contributed by atoms with van der Waals surface area (Å²) in [6.45, 7) is 2.71. The highest BCUT2D eigenvalue weighted by atomic mass is 16.5. The van der Waals surface area contributed by atoms with E-state index < -0.39 is 0 Å².